The molecule has 1 saturated heterocycles. The largest absolute Gasteiger partial charge is 0.378 e. The molecule has 176 valence electrons. The van der Waals surface area contributed by atoms with E-state index in [9.17, 15) is 18.0 Å². The van der Waals surface area contributed by atoms with Crippen LogP contribution >= 0.6 is 11.3 Å². The normalized spacial score (nSPS) is 19.1. The molecule has 0 unspecified atom stereocenters. The van der Waals surface area contributed by atoms with Crippen molar-refractivity contribution in [2.75, 3.05) is 31.2 Å². The fourth-order valence-electron chi connectivity index (χ4n) is 3.40. The Bertz CT molecular complexity index is 1190. The molecule has 2 amide bonds. The van der Waals surface area contributed by atoms with E-state index in [2.05, 4.69) is 25.6 Å². The fourth-order valence-corrected chi connectivity index (χ4v) is 5.50. The van der Waals surface area contributed by atoms with Gasteiger partial charge in [-0.3, -0.25) is 30.2 Å². The van der Waals surface area contributed by atoms with Crippen LogP contribution in [0.25, 0.3) is 0 Å². The standard InChI is InChI=1S/C20H24N6O5S2/c1-12(2)16(22-17-13-5-3-4-6-15(13)33(29,30)25-17)19(28)24-23-18(27)14-11-32-20(21-14)26-7-9-31-10-8-26/h3-6,11-12,16H,7-10H2,1-2H3,(H,22,25)(H,23,27)(H,24,28)/t16-/m0/s1. The molecule has 1 atom stereocenters. The lowest BCUT2D eigenvalue weighted by Gasteiger charge is -2.25. The molecule has 2 aromatic rings. The molecule has 0 saturated carbocycles. The topological polar surface area (TPSA) is 142 Å². The molecule has 3 N–H and O–H groups in total. The predicted molar refractivity (Wildman–Crippen MR) is 123 cm³/mol. The Morgan fingerprint density at radius 2 is 1.94 bits per heavy atom. The molecule has 3 heterocycles. The highest BCUT2D eigenvalue weighted by Crippen LogP contribution is 2.24. The van der Waals surface area contributed by atoms with Gasteiger partial charge in [0.15, 0.2) is 5.13 Å². The molecule has 1 aromatic heterocycles. The molecule has 11 nitrogen and oxygen atoms in total. The first-order valence-corrected chi connectivity index (χ1v) is 12.7. The third-order valence-corrected chi connectivity index (χ3v) is 7.44. The van der Waals surface area contributed by atoms with Crippen molar-refractivity contribution < 1.29 is 22.7 Å². The summed E-state index contributed by atoms with van der Waals surface area (Å²) >= 11 is 1.34. The molecule has 0 spiro atoms. The highest BCUT2D eigenvalue weighted by molar-refractivity contribution is 7.90. The van der Waals surface area contributed by atoms with Gasteiger partial charge in [-0.05, 0) is 18.1 Å². The summed E-state index contributed by atoms with van der Waals surface area (Å²) in [5.41, 5.74) is 5.33. The molecule has 4 rings (SSSR count). The number of thiazole rings is 1. The van der Waals surface area contributed by atoms with Crippen molar-refractivity contribution in [3.05, 3.63) is 40.9 Å². The predicted octanol–water partition coefficient (Wildman–Crippen LogP) is 0.504. The molecular formula is C20H24N6O5S2. The van der Waals surface area contributed by atoms with Gasteiger partial charge in [0.05, 0.1) is 18.1 Å². The van der Waals surface area contributed by atoms with Crippen LogP contribution < -0.4 is 20.5 Å². The Labute approximate surface area is 195 Å². The van der Waals surface area contributed by atoms with Crippen molar-refractivity contribution in [3.63, 3.8) is 0 Å². The van der Waals surface area contributed by atoms with Crippen LogP contribution in [0.4, 0.5) is 5.13 Å². The summed E-state index contributed by atoms with van der Waals surface area (Å²) in [5, 5.41) is 2.34. The van der Waals surface area contributed by atoms with Crippen LogP contribution in [0, 0.1) is 5.92 Å². The van der Waals surface area contributed by atoms with E-state index in [1.54, 1.807) is 37.4 Å². The number of benzene rings is 1. The summed E-state index contributed by atoms with van der Waals surface area (Å²) in [6.45, 7) is 6.18. The molecule has 1 aromatic carbocycles. The maximum Gasteiger partial charge on any atom is 0.289 e. The summed E-state index contributed by atoms with van der Waals surface area (Å²) < 4.78 is 32.3. The van der Waals surface area contributed by atoms with Crippen LogP contribution in [0.1, 0.15) is 29.9 Å². The Kier molecular flexibility index (Phi) is 6.63. The lowest BCUT2D eigenvalue weighted by molar-refractivity contribution is -0.123. The zero-order chi connectivity index (χ0) is 23.6. The van der Waals surface area contributed by atoms with E-state index in [1.807, 2.05) is 4.90 Å². The first-order chi connectivity index (χ1) is 15.8. The van der Waals surface area contributed by atoms with Gasteiger partial charge in [0.25, 0.3) is 21.8 Å². The van der Waals surface area contributed by atoms with Gasteiger partial charge in [-0.25, -0.2) is 13.4 Å². The summed E-state index contributed by atoms with van der Waals surface area (Å²) in [6.07, 6.45) is 0. The number of hydrazine groups is 1. The first kappa shape index (κ1) is 23.1. The smallest absolute Gasteiger partial charge is 0.289 e. The molecule has 1 fully saturated rings. The van der Waals surface area contributed by atoms with Gasteiger partial charge in [0.1, 0.15) is 17.6 Å². The van der Waals surface area contributed by atoms with E-state index in [0.29, 0.717) is 37.0 Å². The SMILES string of the molecule is CC(C)[C@H](N=C1NS(=O)(=O)c2ccccc21)C(=O)NNC(=O)c1csc(N2CCOCC2)n1. The number of amidine groups is 1. The second-order valence-electron chi connectivity index (χ2n) is 7.83. The molecule has 2 aliphatic heterocycles. The number of carbonyl (C=O) groups excluding carboxylic acids is 2. The summed E-state index contributed by atoms with van der Waals surface area (Å²) in [6, 6.07) is 5.47. The number of aliphatic imine (C=N–C) groups is 1. The van der Waals surface area contributed by atoms with Crippen molar-refractivity contribution in [2.45, 2.75) is 24.8 Å². The number of nitrogens with zero attached hydrogens (tertiary/aromatic N) is 3. The minimum atomic E-state index is -3.72. The van der Waals surface area contributed by atoms with Gasteiger partial charge in [-0.1, -0.05) is 26.0 Å². The molecule has 2 aliphatic rings. The number of hydrogen-bond acceptors (Lipinski definition) is 9. The quantitative estimate of drug-likeness (QED) is 0.516. The number of aromatic nitrogens is 1. The number of rotatable bonds is 5. The van der Waals surface area contributed by atoms with Crippen LogP contribution in [0.15, 0.2) is 39.5 Å². The lowest BCUT2D eigenvalue weighted by atomic mass is 10.0. The maximum absolute atomic E-state index is 12.8. The van der Waals surface area contributed by atoms with Crippen molar-refractivity contribution in [3.8, 4) is 0 Å². The van der Waals surface area contributed by atoms with Gasteiger partial charge < -0.3 is 9.64 Å². The van der Waals surface area contributed by atoms with Crippen molar-refractivity contribution in [1.29, 1.82) is 0 Å². The summed E-state index contributed by atoms with van der Waals surface area (Å²) in [4.78, 5) is 36.1. The monoisotopic (exact) mass is 492 g/mol. The minimum Gasteiger partial charge on any atom is -0.378 e. The van der Waals surface area contributed by atoms with Crippen LogP contribution in [-0.2, 0) is 19.6 Å². The van der Waals surface area contributed by atoms with Gasteiger partial charge in [0.2, 0.25) is 0 Å². The van der Waals surface area contributed by atoms with E-state index < -0.39 is 27.9 Å². The second kappa shape index (κ2) is 9.45. The second-order valence-corrected chi connectivity index (χ2v) is 10.3. The molecule has 0 radical (unpaired) electrons. The Morgan fingerprint density at radius 1 is 1.21 bits per heavy atom. The number of ether oxygens (including phenoxy) is 1. The molecule has 13 heteroatoms. The van der Waals surface area contributed by atoms with Gasteiger partial charge in [-0.2, -0.15) is 0 Å². The van der Waals surface area contributed by atoms with Crippen molar-refractivity contribution in [2.24, 2.45) is 10.9 Å². The number of sulfonamides is 1. The Balaban J connectivity index is 1.43. The van der Waals surface area contributed by atoms with E-state index in [4.69, 9.17) is 4.74 Å². The van der Waals surface area contributed by atoms with Crippen molar-refractivity contribution >= 4 is 44.1 Å². The van der Waals surface area contributed by atoms with E-state index in [0.717, 1.165) is 0 Å². The Hall–Kier alpha value is -3.03. The zero-order valence-electron chi connectivity index (χ0n) is 18.1. The summed E-state index contributed by atoms with van der Waals surface area (Å²) in [7, 11) is -3.72. The van der Waals surface area contributed by atoms with Gasteiger partial charge in [0, 0.05) is 24.0 Å². The Morgan fingerprint density at radius 3 is 2.67 bits per heavy atom. The van der Waals surface area contributed by atoms with Crippen LogP contribution in [0.5, 0.6) is 0 Å². The van der Waals surface area contributed by atoms with Gasteiger partial charge >= 0.3 is 0 Å². The van der Waals surface area contributed by atoms with Crippen LogP contribution in [0.2, 0.25) is 0 Å². The number of fused-ring (bicyclic) bond motifs is 1. The number of anilines is 1. The molecular weight excluding hydrogens is 468 g/mol. The number of hydrogen-bond donors (Lipinski definition) is 3. The van der Waals surface area contributed by atoms with E-state index in [1.165, 1.54) is 17.4 Å². The van der Waals surface area contributed by atoms with E-state index in [-0.39, 0.29) is 22.3 Å². The number of carbonyl (C=O) groups is 2. The number of amides is 2. The number of morpholine rings is 1. The fraction of sp³-hybridized carbons (Fsp3) is 0.400. The van der Waals surface area contributed by atoms with Gasteiger partial charge in [-0.15, -0.1) is 11.3 Å². The maximum atomic E-state index is 12.8. The zero-order valence-corrected chi connectivity index (χ0v) is 19.7. The minimum absolute atomic E-state index is 0.0976. The number of nitrogens with one attached hydrogen (secondary N) is 3. The highest BCUT2D eigenvalue weighted by Gasteiger charge is 2.32. The average molecular weight is 493 g/mol. The van der Waals surface area contributed by atoms with E-state index >= 15 is 0 Å². The van der Waals surface area contributed by atoms with Crippen LogP contribution in [0.3, 0.4) is 0 Å². The third-order valence-electron chi connectivity index (χ3n) is 5.14. The average Bonchev–Trinajstić information content (AvgIpc) is 3.39. The first-order valence-electron chi connectivity index (χ1n) is 10.3. The molecule has 0 aliphatic carbocycles. The van der Waals surface area contributed by atoms with Crippen LogP contribution in [-0.4, -0.2) is 63.4 Å². The summed E-state index contributed by atoms with van der Waals surface area (Å²) in [5.74, 6) is -1.29. The third kappa shape index (κ3) is 4.99. The molecule has 33 heavy (non-hydrogen) atoms. The molecule has 0 bridgehead atoms. The highest BCUT2D eigenvalue weighted by atomic mass is 32.2. The van der Waals surface area contributed by atoms with Crippen molar-refractivity contribution in [1.82, 2.24) is 20.6 Å². The lowest BCUT2D eigenvalue weighted by Crippen LogP contribution is -2.48.